The molecule has 0 aliphatic carbocycles. The molecule has 0 aliphatic heterocycles. The molecule has 11 heteroatoms. The van der Waals surface area contributed by atoms with Gasteiger partial charge >= 0.3 is 0 Å². The van der Waals surface area contributed by atoms with Crippen LogP contribution in [0, 0.1) is 5.82 Å². The third-order valence-electron chi connectivity index (χ3n) is 3.23. The highest BCUT2D eigenvalue weighted by atomic mass is 32.2. The van der Waals surface area contributed by atoms with Crippen LogP contribution in [0.25, 0.3) is 0 Å². The number of carbonyl (C=O) groups is 1. The number of rotatable bonds is 9. The SMILES string of the molecule is C=CCn1c(COc2ccc(F)cc2)nnc1SCC(=O)Nc1nncs1. The van der Waals surface area contributed by atoms with Crippen molar-refractivity contribution in [3.8, 4) is 5.75 Å². The molecule has 0 saturated heterocycles. The molecule has 0 spiro atoms. The van der Waals surface area contributed by atoms with Crippen LogP contribution in [0.15, 0.2) is 47.6 Å². The number of nitrogens with zero attached hydrogens (tertiary/aromatic N) is 5. The van der Waals surface area contributed by atoms with E-state index in [1.807, 2.05) is 0 Å². The van der Waals surface area contributed by atoms with Gasteiger partial charge in [0, 0.05) is 6.54 Å². The van der Waals surface area contributed by atoms with E-state index in [9.17, 15) is 9.18 Å². The van der Waals surface area contributed by atoms with Crippen molar-refractivity contribution >= 4 is 34.1 Å². The van der Waals surface area contributed by atoms with Crippen LogP contribution < -0.4 is 10.1 Å². The van der Waals surface area contributed by atoms with Gasteiger partial charge in [0.15, 0.2) is 11.0 Å². The number of benzene rings is 1. The third kappa shape index (κ3) is 5.34. The summed E-state index contributed by atoms with van der Waals surface area (Å²) >= 11 is 2.49. The maximum atomic E-state index is 13.0. The fourth-order valence-electron chi connectivity index (χ4n) is 2.04. The first-order chi connectivity index (χ1) is 13.2. The molecule has 2 aromatic heterocycles. The molecule has 2 heterocycles. The highest BCUT2D eigenvalue weighted by Gasteiger charge is 2.14. The normalized spacial score (nSPS) is 10.6. The van der Waals surface area contributed by atoms with E-state index in [2.05, 4.69) is 32.3 Å². The van der Waals surface area contributed by atoms with Crippen LogP contribution in [0.3, 0.4) is 0 Å². The molecule has 1 aromatic carbocycles. The summed E-state index contributed by atoms with van der Waals surface area (Å²) in [6, 6.07) is 5.72. The van der Waals surface area contributed by atoms with Crippen LogP contribution in [0.5, 0.6) is 5.75 Å². The second-order valence-electron chi connectivity index (χ2n) is 5.12. The Labute approximate surface area is 162 Å². The van der Waals surface area contributed by atoms with Gasteiger partial charge in [-0.2, -0.15) is 0 Å². The lowest BCUT2D eigenvalue weighted by Crippen LogP contribution is -2.15. The van der Waals surface area contributed by atoms with Crippen LogP contribution in [-0.2, 0) is 17.9 Å². The molecule has 0 bridgehead atoms. The number of allylic oxidation sites excluding steroid dienone is 1. The number of hydrogen-bond donors (Lipinski definition) is 1. The summed E-state index contributed by atoms with van der Waals surface area (Å²) < 4.78 is 20.4. The number of thioether (sulfide) groups is 1. The molecule has 3 rings (SSSR count). The lowest BCUT2D eigenvalue weighted by molar-refractivity contribution is -0.113. The first-order valence-corrected chi connectivity index (χ1v) is 9.62. The van der Waals surface area contributed by atoms with Crippen LogP contribution in [0.1, 0.15) is 5.82 Å². The summed E-state index contributed by atoms with van der Waals surface area (Å²) in [5.74, 6) is 0.700. The van der Waals surface area contributed by atoms with Gasteiger partial charge in [-0.05, 0) is 24.3 Å². The smallest absolute Gasteiger partial charge is 0.236 e. The standard InChI is InChI=1S/C16H15FN6O2S2/c1-2-7-23-13(8-25-12-5-3-11(17)4-6-12)20-22-16(23)26-9-14(24)19-15-21-18-10-27-15/h2-6,10H,1,7-9H2,(H,19,21,24). The quantitative estimate of drug-likeness (QED) is 0.431. The number of carbonyl (C=O) groups excluding carboxylic acids is 1. The first kappa shape index (κ1) is 19.0. The van der Waals surface area contributed by atoms with Gasteiger partial charge < -0.3 is 4.74 Å². The van der Waals surface area contributed by atoms with Gasteiger partial charge in [-0.15, -0.1) is 27.0 Å². The minimum Gasteiger partial charge on any atom is -0.486 e. The zero-order valence-electron chi connectivity index (χ0n) is 14.0. The summed E-state index contributed by atoms with van der Waals surface area (Å²) in [6.07, 6.45) is 1.70. The highest BCUT2D eigenvalue weighted by Crippen LogP contribution is 2.20. The molecule has 0 aliphatic rings. The molecule has 0 unspecified atom stereocenters. The molecule has 8 nitrogen and oxygen atoms in total. The molecule has 3 aromatic rings. The third-order valence-corrected chi connectivity index (χ3v) is 4.80. The Balaban J connectivity index is 1.60. The second-order valence-corrected chi connectivity index (χ2v) is 6.90. The van der Waals surface area contributed by atoms with E-state index in [0.717, 1.165) is 0 Å². The Morgan fingerprint density at radius 3 is 2.85 bits per heavy atom. The number of ether oxygens (including phenoxy) is 1. The molecule has 0 radical (unpaired) electrons. The maximum Gasteiger partial charge on any atom is 0.236 e. The minimum absolute atomic E-state index is 0.147. The van der Waals surface area contributed by atoms with E-state index in [1.165, 1.54) is 52.9 Å². The fraction of sp³-hybridized carbons (Fsp3) is 0.188. The van der Waals surface area contributed by atoms with Crippen molar-refractivity contribution in [3.05, 3.63) is 54.1 Å². The lowest BCUT2D eigenvalue weighted by Gasteiger charge is -2.09. The van der Waals surface area contributed by atoms with Crippen molar-refractivity contribution in [1.82, 2.24) is 25.0 Å². The van der Waals surface area contributed by atoms with Gasteiger partial charge in [-0.25, -0.2) is 4.39 Å². The number of nitrogens with one attached hydrogen (secondary N) is 1. The maximum absolute atomic E-state index is 13.0. The second kappa shape index (κ2) is 9.24. The summed E-state index contributed by atoms with van der Waals surface area (Å²) in [5, 5.41) is 19.3. The van der Waals surface area contributed by atoms with E-state index < -0.39 is 0 Å². The Bertz CT molecular complexity index is 898. The van der Waals surface area contributed by atoms with Gasteiger partial charge in [0.25, 0.3) is 0 Å². The van der Waals surface area contributed by atoms with Crippen molar-refractivity contribution in [2.45, 2.75) is 18.3 Å². The predicted molar refractivity (Wildman–Crippen MR) is 100 cm³/mol. The van der Waals surface area contributed by atoms with Gasteiger partial charge in [0.2, 0.25) is 11.0 Å². The molecule has 0 saturated carbocycles. The van der Waals surface area contributed by atoms with E-state index in [0.29, 0.717) is 28.4 Å². The minimum atomic E-state index is -0.331. The van der Waals surface area contributed by atoms with E-state index >= 15 is 0 Å². The average molecular weight is 406 g/mol. The highest BCUT2D eigenvalue weighted by molar-refractivity contribution is 7.99. The molecule has 0 atom stereocenters. The number of aromatic nitrogens is 5. The van der Waals surface area contributed by atoms with Crippen molar-refractivity contribution in [3.63, 3.8) is 0 Å². The van der Waals surface area contributed by atoms with Crippen LogP contribution in [-0.4, -0.2) is 36.6 Å². The van der Waals surface area contributed by atoms with Crippen LogP contribution in [0.2, 0.25) is 0 Å². The zero-order chi connectivity index (χ0) is 19.1. The van der Waals surface area contributed by atoms with E-state index in [-0.39, 0.29) is 24.1 Å². The summed E-state index contributed by atoms with van der Waals surface area (Å²) in [6.45, 7) is 4.35. The fourth-order valence-corrected chi connectivity index (χ4v) is 3.26. The average Bonchev–Trinajstić information content (AvgIpc) is 3.30. The monoisotopic (exact) mass is 406 g/mol. The number of halogens is 1. The number of hydrogen-bond acceptors (Lipinski definition) is 8. The van der Waals surface area contributed by atoms with Gasteiger partial charge in [-0.1, -0.05) is 29.2 Å². The van der Waals surface area contributed by atoms with Crippen molar-refractivity contribution < 1.29 is 13.9 Å². The van der Waals surface area contributed by atoms with E-state index in [4.69, 9.17) is 4.74 Å². The largest absolute Gasteiger partial charge is 0.486 e. The summed E-state index contributed by atoms with van der Waals surface area (Å²) in [7, 11) is 0. The topological polar surface area (TPSA) is 94.8 Å². The van der Waals surface area contributed by atoms with Gasteiger partial charge in [0.05, 0.1) is 5.75 Å². The van der Waals surface area contributed by atoms with Gasteiger partial charge in [0.1, 0.15) is 23.7 Å². The van der Waals surface area contributed by atoms with Crippen molar-refractivity contribution in [2.24, 2.45) is 0 Å². The Hall–Kier alpha value is -2.79. The molecule has 0 fully saturated rings. The molecule has 1 amide bonds. The van der Waals surface area contributed by atoms with Crippen molar-refractivity contribution in [1.29, 1.82) is 0 Å². The molecule has 1 N–H and O–H groups in total. The van der Waals surface area contributed by atoms with Crippen molar-refractivity contribution in [2.75, 3.05) is 11.1 Å². The van der Waals surface area contributed by atoms with Gasteiger partial charge in [-0.3, -0.25) is 14.7 Å². The number of amides is 1. The molecular weight excluding hydrogens is 391 g/mol. The van der Waals surface area contributed by atoms with Crippen LogP contribution >= 0.6 is 23.1 Å². The predicted octanol–water partition coefficient (Wildman–Crippen LogP) is 2.76. The van der Waals surface area contributed by atoms with Crippen LogP contribution in [0.4, 0.5) is 9.52 Å². The zero-order valence-corrected chi connectivity index (χ0v) is 15.7. The summed E-state index contributed by atoms with van der Waals surface area (Å²) in [4.78, 5) is 12.0. The summed E-state index contributed by atoms with van der Waals surface area (Å²) in [5.41, 5.74) is 1.54. The Kier molecular flexibility index (Phi) is 6.49. The Morgan fingerprint density at radius 1 is 1.33 bits per heavy atom. The molecular formula is C16H15FN6O2S2. The Morgan fingerprint density at radius 2 is 2.15 bits per heavy atom. The first-order valence-electron chi connectivity index (χ1n) is 7.76. The number of anilines is 1. The molecule has 140 valence electrons. The molecule has 27 heavy (non-hydrogen) atoms. The van der Waals surface area contributed by atoms with E-state index in [1.54, 1.807) is 10.6 Å². The lowest BCUT2D eigenvalue weighted by atomic mass is 10.3.